The monoisotopic (exact) mass is 726 g/mol. The second-order valence-corrected chi connectivity index (χ2v) is 13.3. The summed E-state index contributed by atoms with van der Waals surface area (Å²) in [7, 11) is 1.58. The summed E-state index contributed by atoms with van der Waals surface area (Å²) in [6, 6.07) is 39.4. The van der Waals surface area contributed by atoms with Crippen LogP contribution in [-0.4, -0.2) is 81.3 Å². The van der Waals surface area contributed by atoms with Gasteiger partial charge in [0, 0.05) is 7.11 Å². The summed E-state index contributed by atoms with van der Waals surface area (Å²) in [6.07, 6.45) is -8.50. The van der Waals surface area contributed by atoms with E-state index in [-0.39, 0.29) is 26.4 Å². The van der Waals surface area contributed by atoms with Crippen LogP contribution in [0.1, 0.15) is 29.2 Å². The lowest BCUT2D eigenvalue weighted by molar-refractivity contribution is -0.363. The Labute approximate surface area is 309 Å². The van der Waals surface area contributed by atoms with Gasteiger partial charge in [-0.05, 0) is 29.2 Å². The number of methoxy groups -OCH3 is 1. The molecule has 280 valence electrons. The first kappa shape index (κ1) is 37.2. The topological polar surface area (TPSA) is 109 Å². The molecule has 0 N–H and O–H groups in total. The Bertz CT molecular complexity index is 1680. The Morgan fingerprint density at radius 3 is 1.53 bits per heavy atom. The van der Waals surface area contributed by atoms with E-state index >= 15 is 0 Å². The van der Waals surface area contributed by atoms with Crippen LogP contribution in [0, 0.1) is 0 Å². The highest BCUT2D eigenvalue weighted by Crippen LogP contribution is 2.37. The van der Waals surface area contributed by atoms with Gasteiger partial charge in [0.05, 0.1) is 39.1 Å². The summed E-state index contributed by atoms with van der Waals surface area (Å²) >= 11 is 0. The summed E-state index contributed by atoms with van der Waals surface area (Å²) in [5.41, 5.74) is 3.89. The number of hydrogen-bond acceptors (Lipinski definition) is 11. The van der Waals surface area contributed by atoms with Crippen molar-refractivity contribution in [1.29, 1.82) is 0 Å². The van der Waals surface area contributed by atoms with Gasteiger partial charge in [0.25, 0.3) is 0 Å². The molecular formula is C42H46O11. The normalized spacial score (nSPS) is 29.6. The van der Waals surface area contributed by atoms with Crippen molar-refractivity contribution in [1.82, 2.24) is 0 Å². The minimum absolute atomic E-state index is 0.137. The lowest BCUT2D eigenvalue weighted by Crippen LogP contribution is -2.65. The van der Waals surface area contributed by atoms with Crippen molar-refractivity contribution in [3.8, 4) is 0 Å². The maximum atomic E-state index is 12.4. The van der Waals surface area contributed by atoms with Crippen molar-refractivity contribution >= 4 is 6.16 Å². The molecule has 10 atom stereocenters. The molecule has 3 heterocycles. The van der Waals surface area contributed by atoms with Gasteiger partial charge in [0.15, 0.2) is 24.8 Å². The zero-order valence-electron chi connectivity index (χ0n) is 29.8. The van der Waals surface area contributed by atoms with Gasteiger partial charge in [-0.2, -0.15) is 0 Å². The van der Waals surface area contributed by atoms with Gasteiger partial charge < -0.3 is 47.4 Å². The Morgan fingerprint density at radius 2 is 1.00 bits per heavy atom. The summed E-state index contributed by atoms with van der Waals surface area (Å²) in [5.74, 6) is 0. The van der Waals surface area contributed by atoms with Gasteiger partial charge in [-0.25, -0.2) is 4.79 Å². The molecule has 11 nitrogen and oxygen atoms in total. The van der Waals surface area contributed by atoms with Crippen LogP contribution in [-0.2, 0) is 73.8 Å². The molecule has 0 aromatic heterocycles. The first-order valence-electron chi connectivity index (χ1n) is 18.0. The number of rotatable bonds is 16. The van der Waals surface area contributed by atoms with Gasteiger partial charge in [0.1, 0.15) is 30.5 Å². The first-order valence-corrected chi connectivity index (χ1v) is 18.0. The highest BCUT2D eigenvalue weighted by molar-refractivity contribution is 5.63. The fraction of sp³-hybridized carbons (Fsp3) is 0.405. The summed E-state index contributed by atoms with van der Waals surface area (Å²) in [5, 5.41) is 0. The highest BCUT2D eigenvalue weighted by Gasteiger charge is 2.57. The van der Waals surface area contributed by atoms with Crippen molar-refractivity contribution in [3.05, 3.63) is 144 Å². The predicted octanol–water partition coefficient (Wildman–Crippen LogP) is 6.36. The molecular weight excluding hydrogens is 680 g/mol. The molecule has 7 rings (SSSR count). The van der Waals surface area contributed by atoms with Crippen LogP contribution in [0.4, 0.5) is 4.79 Å². The largest absolute Gasteiger partial charge is 0.509 e. The van der Waals surface area contributed by atoms with E-state index in [1.54, 1.807) is 7.11 Å². The van der Waals surface area contributed by atoms with Crippen LogP contribution in [0.15, 0.2) is 121 Å². The fourth-order valence-electron chi connectivity index (χ4n) is 6.86. The smallest absolute Gasteiger partial charge is 0.424 e. The lowest BCUT2D eigenvalue weighted by atomic mass is 9.96. The Morgan fingerprint density at radius 1 is 0.528 bits per heavy atom. The second kappa shape index (κ2) is 18.2. The van der Waals surface area contributed by atoms with Gasteiger partial charge in [-0.15, -0.1) is 0 Å². The van der Waals surface area contributed by atoms with Crippen molar-refractivity contribution in [2.75, 3.05) is 13.7 Å². The van der Waals surface area contributed by atoms with Crippen LogP contribution in [0.3, 0.4) is 0 Å². The molecule has 3 saturated heterocycles. The quantitative estimate of drug-likeness (QED) is 0.120. The van der Waals surface area contributed by atoms with E-state index in [4.69, 9.17) is 47.4 Å². The minimum atomic E-state index is -1.02. The van der Waals surface area contributed by atoms with Crippen LogP contribution in [0.5, 0.6) is 0 Å². The molecule has 0 amide bonds. The SMILES string of the molecule is CO[C@H]1O[C@H](COCc2ccccc2)[C@@H](O[C@@H]2O[C@@H](C)[C@@H]3OC(=O)O[C@H]3[C@H]2OCc2ccccc2)[C@H](OCc2ccccc2)[C@H]1OCc1ccccc1. The predicted molar refractivity (Wildman–Crippen MR) is 191 cm³/mol. The van der Waals surface area contributed by atoms with Gasteiger partial charge in [-0.1, -0.05) is 121 Å². The maximum Gasteiger partial charge on any atom is 0.509 e. The van der Waals surface area contributed by atoms with Crippen LogP contribution in [0.25, 0.3) is 0 Å². The summed E-state index contributed by atoms with van der Waals surface area (Å²) in [6.45, 7) is 3.06. The minimum Gasteiger partial charge on any atom is -0.424 e. The number of fused-ring (bicyclic) bond motifs is 1. The first-order chi connectivity index (χ1) is 26.1. The molecule has 0 saturated carbocycles. The maximum absolute atomic E-state index is 12.4. The standard InChI is InChI=1S/C42H46O11/c1-28-34-37(53-42(43)52-34)39(48-26-32-21-13-6-14-22-32)41(49-28)51-35-33(27-45-23-29-15-7-3-8-16-29)50-40(44-2)38(47-25-31-19-11-5-12-20-31)36(35)46-24-30-17-9-4-10-18-30/h3-22,28,33-41H,23-27H2,1-2H3/t28-,33+,34-,35+,36-,37+,38+,39+,40-,41-/m0/s1. The average molecular weight is 727 g/mol. The third-order valence-electron chi connectivity index (χ3n) is 9.56. The molecule has 0 aliphatic carbocycles. The molecule has 4 aromatic carbocycles. The van der Waals surface area contributed by atoms with E-state index in [1.165, 1.54) is 0 Å². The van der Waals surface area contributed by atoms with Gasteiger partial charge >= 0.3 is 6.16 Å². The van der Waals surface area contributed by atoms with E-state index in [9.17, 15) is 4.79 Å². The summed E-state index contributed by atoms with van der Waals surface area (Å²) < 4.78 is 63.3. The van der Waals surface area contributed by atoms with Crippen molar-refractivity contribution in [3.63, 3.8) is 0 Å². The lowest BCUT2D eigenvalue weighted by Gasteiger charge is -2.48. The number of carbonyl (C=O) groups excluding carboxylic acids is 1. The third-order valence-corrected chi connectivity index (χ3v) is 9.56. The van der Waals surface area contributed by atoms with Crippen LogP contribution < -0.4 is 0 Å². The molecule has 0 bridgehead atoms. The van der Waals surface area contributed by atoms with E-state index in [0.29, 0.717) is 6.61 Å². The highest BCUT2D eigenvalue weighted by atomic mass is 16.8. The number of benzene rings is 4. The van der Waals surface area contributed by atoms with Crippen LogP contribution >= 0.6 is 0 Å². The fourth-order valence-corrected chi connectivity index (χ4v) is 6.86. The van der Waals surface area contributed by atoms with Crippen molar-refractivity contribution in [2.45, 2.75) is 94.8 Å². The molecule has 0 spiro atoms. The van der Waals surface area contributed by atoms with Crippen molar-refractivity contribution in [2.24, 2.45) is 0 Å². The molecule has 3 fully saturated rings. The van der Waals surface area contributed by atoms with Crippen LogP contribution in [0.2, 0.25) is 0 Å². The molecule has 11 heteroatoms. The Balaban J connectivity index is 1.20. The van der Waals surface area contributed by atoms with E-state index in [1.807, 2.05) is 128 Å². The Kier molecular flexibility index (Phi) is 12.8. The van der Waals surface area contributed by atoms with Crippen molar-refractivity contribution < 1.29 is 52.2 Å². The molecule has 4 aromatic rings. The zero-order valence-corrected chi connectivity index (χ0v) is 29.8. The molecule has 53 heavy (non-hydrogen) atoms. The van der Waals surface area contributed by atoms with E-state index < -0.39 is 67.6 Å². The number of carbonyl (C=O) groups is 1. The number of ether oxygens (including phenoxy) is 10. The Hall–Kier alpha value is -4.17. The van der Waals surface area contributed by atoms with Gasteiger partial charge in [-0.3, -0.25) is 0 Å². The van der Waals surface area contributed by atoms with Gasteiger partial charge in [0.2, 0.25) is 0 Å². The number of hydrogen-bond donors (Lipinski definition) is 0. The zero-order chi connectivity index (χ0) is 36.4. The third kappa shape index (κ3) is 9.50. The average Bonchev–Trinajstić information content (AvgIpc) is 3.60. The van der Waals surface area contributed by atoms with E-state index in [0.717, 1.165) is 22.3 Å². The molecule has 0 radical (unpaired) electrons. The summed E-state index contributed by atoms with van der Waals surface area (Å²) in [4.78, 5) is 12.4. The molecule has 0 unspecified atom stereocenters. The second-order valence-electron chi connectivity index (χ2n) is 13.3. The molecule has 3 aliphatic rings. The molecule has 3 aliphatic heterocycles. The van der Waals surface area contributed by atoms with E-state index in [2.05, 4.69) is 0 Å².